The summed E-state index contributed by atoms with van der Waals surface area (Å²) in [5, 5.41) is 0. The lowest BCUT2D eigenvalue weighted by atomic mass is 10.2. The van der Waals surface area contributed by atoms with Crippen LogP contribution in [0.15, 0.2) is 41.1 Å². The topological polar surface area (TPSA) is 30.7 Å². The highest BCUT2D eigenvalue weighted by Crippen LogP contribution is 2.25. The predicted octanol–water partition coefficient (Wildman–Crippen LogP) is 4.23. The van der Waals surface area contributed by atoms with Crippen molar-refractivity contribution in [3.05, 3.63) is 52.5 Å². The highest BCUT2D eigenvalue weighted by molar-refractivity contribution is 9.10. The Morgan fingerprint density at radius 2 is 2.16 bits per heavy atom. The molecule has 3 rings (SSSR count). The number of rotatable bonds is 2. The first kappa shape index (κ1) is 12.6. The van der Waals surface area contributed by atoms with Gasteiger partial charge in [-0.25, -0.2) is 4.98 Å². The van der Waals surface area contributed by atoms with E-state index in [4.69, 9.17) is 11.6 Å². The third-order valence-electron chi connectivity index (χ3n) is 2.93. The van der Waals surface area contributed by atoms with Gasteiger partial charge in [0.25, 0.3) is 0 Å². The van der Waals surface area contributed by atoms with Crippen LogP contribution in [0.2, 0.25) is 0 Å². The van der Waals surface area contributed by atoms with Crippen molar-refractivity contribution >= 4 is 38.6 Å². The lowest BCUT2D eigenvalue weighted by Gasteiger charge is -2.09. The molecule has 0 amide bonds. The van der Waals surface area contributed by atoms with Gasteiger partial charge < -0.3 is 0 Å². The second-order valence-electron chi connectivity index (χ2n) is 4.35. The third kappa shape index (κ3) is 2.26. The van der Waals surface area contributed by atoms with Crippen molar-refractivity contribution in [2.45, 2.75) is 12.8 Å². The van der Waals surface area contributed by atoms with Gasteiger partial charge in [-0.15, -0.1) is 11.6 Å². The summed E-state index contributed by atoms with van der Waals surface area (Å²) in [7, 11) is 0. The number of alkyl halides is 1. The normalized spacial score (nSPS) is 11.1. The Kier molecular flexibility index (Phi) is 3.29. The molecule has 0 N–H and O–H groups in total. The van der Waals surface area contributed by atoms with E-state index < -0.39 is 0 Å². The maximum atomic E-state index is 6.02. The van der Waals surface area contributed by atoms with E-state index in [1.165, 1.54) is 5.56 Å². The molecule has 0 spiro atoms. The smallest absolute Gasteiger partial charge is 0.129 e. The van der Waals surface area contributed by atoms with Gasteiger partial charge in [0.2, 0.25) is 0 Å². The molecule has 2 heterocycles. The van der Waals surface area contributed by atoms with E-state index >= 15 is 0 Å². The van der Waals surface area contributed by atoms with E-state index in [1.807, 2.05) is 6.07 Å². The average Bonchev–Trinajstić information content (AvgIpc) is 2.75. The quantitative estimate of drug-likeness (QED) is 0.656. The molecule has 1 aromatic carbocycles. The van der Waals surface area contributed by atoms with Crippen molar-refractivity contribution in [1.29, 1.82) is 0 Å². The van der Waals surface area contributed by atoms with Crippen molar-refractivity contribution in [1.82, 2.24) is 14.5 Å². The molecule has 3 nitrogen and oxygen atoms in total. The summed E-state index contributed by atoms with van der Waals surface area (Å²) in [6, 6.07) is 8.20. The molecule has 19 heavy (non-hydrogen) atoms. The van der Waals surface area contributed by atoms with Crippen LogP contribution in [0, 0.1) is 6.92 Å². The average molecular weight is 337 g/mol. The number of benzene rings is 1. The van der Waals surface area contributed by atoms with Crippen LogP contribution >= 0.6 is 27.5 Å². The second-order valence-corrected chi connectivity index (χ2v) is 5.53. The Morgan fingerprint density at radius 1 is 1.32 bits per heavy atom. The van der Waals surface area contributed by atoms with Crippen LogP contribution in [0.25, 0.3) is 16.7 Å². The zero-order chi connectivity index (χ0) is 13.4. The molecule has 0 bridgehead atoms. The van der Waals surface area contributed by atoms with Gasteiger partial charge in [0, 0.05) is 16.4 Å². The number of aryl methyl sites for hydroxylation is 1. The minimum absolute atomic E-state index is 0.361. The van der Waals surface area contributed by atoms with Gasteiger partial charge in [-0.1, -0.05) is 15.9 Å². The minimum atomic E-state index is 0.361. The SMILES string of the molecule is Cc1cc(Br)cc(-n2c(CCl)nc3cnccc32)c1. The number of nitrogens with zero attached hydrogens (tertiary/aromatic N) is 3. The molecule has 5 heteroatoms. The molecule has 96 valence electrons. The number of fused-ring (bicyclic) bond motifs is 1. The van der Waals surface area contributed by atoms with Gasteiger partial charge in [0.15, 0.2) is 0 Å². The van der Waals surface area contributed by atoms with Gasteiger partial charge in [-0.3, -0.25) is 9.55 Å². The number of imidazole rings is 1. The standard InChI is InChI=1S/C14H11BrClN3/c1-9-4-10(15)6-11(5-9)19-13-2-3-17-8-12(13)18-14(19)7-16/h2-6,8H,7H2,1H3. The zero-order valence-electron chi connectivity index (χ0n) is 10.3. The molecular weight excluding hydrogens is 326 g/mol. The summed E-state index contributed by atoms with van der Waals surface area (Å²) in [4.78, 5) is 8.62. The molecule has 0 radical (unpaired) electrons. The van der Waals surface area contributed by atoms with Crippen LogP contribution in [0.5, 0.6) is 0 Å². The summed E-state index contributed by atoms with van der Waals surface area (Å²) in [5.41, 5.74) is 4.11. The molecular formula is C14H11BrClN3. The van der Waals surface area contributed by atoms with E-state index in [0.717, 1.165) is 27.0 Å². The Balaban J connectivity index is 2.34. The van der Waals surface area contributed by atoms with Crippen LogP contribution < -0.4 is 0 Å². The summed E-state index contributed by atoms with van der Waals surface area (Å²) >= 11 is 9.55. The highest BCUT2D eigenvalue weighted by atomic mass is 79.9. The van der Waals surface area contributed by atoms with Crippen molar-refractivity contribution in [2.24, 2.45) is 0 Å². The van der Waals surface area contributed by atoms with E-state index in [0.29, 0.717) is 5.88 Å². The Labute approximate surface area is 124 Å². The highest BCUT2D eigenvalue weighted by Gasteiger charge is 2.12. The molecule has 0 unspecified atom stereocenters. The first-order valence-electron chi connectivity index (χ1n) is 5.84. The van der Waals surface area contributed by atoms with Crippen LogP contribution in [-0.4, -0.2) is 14.5 Å². The number of hydrogen-bond donors (Lipinski definition) is 0. The zero-order valence-corrected chi connectivity index (χ0v) is 12.6. The van der Waals surface area contributed by atoms with Gasteiger partial charge in [0.1, 0.15) is 11.3 Å². The van der Waals surface area contributed by atoms with E-state index in [-0.39, 0.29) is 0 Å². The Hall–Kier alpha value is -1.39. The fraction of sp³-hybridized carbons (Fsp3) is 0.143. The van der Waals surface area contributed by atoms with Gasteiger partial charge in [-0.05, 0) is 36.8 Å². The molecule has 0 aliphatic heterocycles. The molecule has 0 fully saturated rings. The minimum Gasteiger partial charge on any atom is -0.295 e. The maximum absolute atomic E-state index is 6.02. The molecule has 0 aliphatic rings. The van der Waals surface area contributed by atoms with Crippen LogP contribution in [0.1, 0.15) is 11.4 Å². The van der Waals surface area contributed by atoms with E-state index in [9.17, 15) is 0 Å². The molecule has 3 aromatic rings. The van der Waals surface area contributed by atoms with E-state index in [1.54, 1.807) is 12.4 Å². The lowest BCUT2D eigenvalue weighted by molar-refractivity contribution is 0.979. The summed E-state index contributed by atoms with van der Waals surface area (Å²) in [6.45, 7) is 2.06. The van der Waals surface area contributed by atoms with Gasteiger partial charge >= 0.3 is 0 Å². The van der Waals surface area contributed by atoms with Crippen molar-refractivity contribution in [2.75, 3.05) is 0 Å². The van der Waals surface area contributed by atoms with Gasteiger partial charge in [-0.2, -0.15) is 0 Å². The fourth-order valence-electron chi connectivity index (χ4n) is 2.21. The monoisotopic (exact) mass is 335 g/mol. The number of halogens is 2. The second kappa shape index (κ2) is 4.94. The Morgan fingerprint density at radius 3 is 2.89 bits per heavy atom. The largest absolute Gasteiger partial charge is 0.295 e. The van der Waals surface area contributed by atoms with Crippen LogP contribution in [0.4, 0.5) is 0 Å². The lowest BCUT2D eigenvalue weighted by Crippen LogP contribution is -1.99. The van der Waals surface area contributed by atoms with Crippen molar-refractivity contribution in [3.63, 3.8) is 0 Å². The molecule has 0 saturated carbocycles. The van der Waals surface area contributed by atoms with Gasteiger partial charge in [0.05, 0.1) is 17.6 Å². The summed E-state index contributed by atoms with van der Waals surface area (Å²) in [6.07, 6.45) is 3.52. The Bertz CT molecular complexity index is 731. The van der Waals surface area contributed by atoms with Crippen LogP contribution in [-0.2, 0) is 5.88 Å². The van der Waals surface area contributed by atoms with Crippen molar-refractivity contribution in [3.8, 4) is 5.69 Å². The maximum Gasteiger partial charge on any atom is 0.129 e. The number of pyridine rings is 1. The van der Waals surface area contributed by atoms with E-state index in [2.05, 4.69) is 55.6 Å². The first-order chi connectivity index (χ1) is 9.19. The molecule has 0 atom stereocenters. The number of hydrogen-bond acceptors (Lipinski definition) is 2. The summed E-state index contributed by atoms with van der Waals surface area (Å²) in [5.74, 6) is 1.18. The van der Waals surface area contributed by atoms with Crippen LogP contribution in [0.3, 0.4) is 0 Å². The number of aromatic nitrogens is 3. The van der Waals surface area contributed by atoms with Crippen molar-refractivity contribution < 1.29 is 0 Å². The third-order valence-corrected chi connectivity index (χ3v) is 3.63. The fourth-order valence-corrected chi connectivity index (χ4v) is 2.98. The summed E-state index contributed by atoms with van der Waals surface area (Å²) < 4.78 is 3.11. The molecule has 2 aromatic heterocycles. The predicted molar refractivity (Wildman–Crippen MR) is 80.9 cm³/mol. The first-order valence-corrected chi connectivity index (χ1v) is 7.16. The molecule has 0 saturated heterocycles. The molecule has 0 aliphatic carbocycles.